The minimum Gasteiger partial charge on any atom is -0.478 e. The highest BCUT2D eigenvalue weighted by atomic mass is 35.5. The predicted octanol–water partition coefficient (Wildman–Crippen LogP) is 6.21. The quantitative estimate of drug-likeness (QED) is 0.337. The van der Waals surface area contributed by atoms with E-state index in [1.54, 1.807) is 12.1 Å². The van der Waals surface area contributed by atoms with Gasteiger partial charge in [-0.05, 0) is 63.0 Å². The molecule has 2 N–H and O–H groups in total. The molecule has 0 saturated heterocycles. The summed E-state index contributed by atoms with van der Waals surface area (Å²) in [5.41, 5.74) is 0.714. The number of carboxylic acid groups (broad SMARTS) is 1. The second kappa shape index (κ2) is 16.9. The van der Waals surface area contributed by atoms with Crippen LogP contribution in [0.1, 0.15) is 82.5 Å². The molecule has 0 aliphatic heterocycles. The number of benzene rings is 1. The van der Waals surface area contributed by atoms with Crippen molar-refractivity contribution in [1.82, 2.24) is 4.90 Å². The van der Waals surface area contributed by atoms with E-state index in [1.807, 2.05) is 0 Å². The zero-order valence-electron chi connectivity index (χ0n) is 18.7. The molecule has 6 nitrogen and oxygen atoms in total. The number of anilines is 1. The third-order valence-corrected chi connectivity index (χ3v) is 4.95. The summed E-state index contributed by atoms with van der Waals surface area (Å²) in [6.45, 7) is 9.68. The molecule has 0 saturated carbocycles. The molecule has 0 aliphatic carbocycles. The molecule has 1 aromatic carbocycles. The second-order valence-electron chi connectivity index (χ2n) is 7.51. The lowest BCUT2D eigenvalue weighted by atomic mass is 10.1. The zero-order chi connectivity index (χ0) is 21.5. The van der Waals surface area contributed by atoms with Gasteiger partial charge in [0, 0.05) is 12.2 Å². The molecule has 1 rings (SSSR count). The van der Waals surface area contributed by atoms with E-state index in [1.165, 1.54) is 37.8 Å². The van der Waals surface area contributed by atoms with E-state index in [-0.39, 0.29) is 24.1 Å². The minimum absolute atomic E-state index is 0. The van der Waals surface area contributed by atoms with Crippen molar-refractivity contribution in [2.24, 2.45) is 0 Å². The Balaban J connectivity index is 0.00000841. The van der Waals surface area contributed by atoms with Gasteiger partial charge in [0.15, 0.2) is 0 Å². The summed E-state index contributed by atoms with van der Waals surface area (Å²) in [5.74, 6) is -0.991. The standard InChI is InChI=1S/C23H38N2O4.ClH/c1-4-7-10-21(15-18-25(16-8-5-2)17-9-6-3)29-23(28)24-20-13-11-19(12-14-20)22(26)27;/h11-14,21H,4-10,15-18H2,1-3H3,(H,24,28)(H,26,27);1H. The molecule has 1 aromatic rings. The van der Waals surface area contributed by atoms with Crippen LogP contribution in [0.4, 0.5) is 10.5 Å². The van der Waals surface area contributed by atoms with Gasteiger partial charge in [-0.1, -0.05) is 46.5 Å². The summed E-state index contributed by atoms with van der Waals surface area (Å²) in [5, 5.41) is 11.7. The number of carboxylic acids is 1. The molecule has 0 radical (unpaired) electrons. The first-order valence-corrected chi connectivity index (χ1v) is 11.0. The fourth-order valence-electron chi connectivity index (χ4n) is 3.11. The molecule has 0 heterocycles. The van der Waals surface area contributed by atoms with Gasteiger partial charge in [-0.15, -0.1) is 12.4 Å². The summed E-state index contributed by atoms with van der Waals surface area (Å²) in [4.78, 5) is 25.7. The Morgan fingerprint density at radius 1 is 0.933 bits per heavy atom. The summed E-state index contributed by atoms with van der Waals surface area (Å²) in [6.07, 6.45) is 7.93. The number of nitrogens with one attached hydrogen (secondary N) is 1. The van der Waals surface area contributed by atoms with Crippen LogP contribution in [0, 0.1) is 0 Å². The van der Waals surface area contributed by atoms with Gasteiger partial charge in [0.1, 0.15) is 6.10 Å². The number of carbonyl (C=O) groups is 2. The molecule has 1 atom stereocenters. The number of rotatable bonds is 15. The number of ether oxygens (including phenoxy) is 1. The normalized spacial score (nSPS) is 11.6. The maximum absolute atomic E-state index is 12.3. The van der Waals surface area contributed by atoms with Crippen LogP contribution < -0.4 is 5.32 Å². The van der Waals surface area contributed by atoms with Crippen LogP contribution in [-0.2, 0) is 4.74 Å². The first-order chi connectivity index (χ1) is 14.0. The van der Waals surface area contributed by atoms with Crippen LogP contribution in [0.2, 0.25) is 0 Å². The highest BCUT2D eigenvalue weighted by molar-refractivity contribution is 5.89. The number of halogens is 1. The number of hydrogen-bond acceptors (Lipinski definition) is 4. The third-order valence-electron chi connectivity index (χ3n) is 4.95. The molecule has 0 spiro atoms. The number of nitrogens with zero attached hydrogens (tertiary/aromatic N) is 1. The molecule has 0 aliphatic rings. The molecule has 30 heavy (non-hydrogen) atoms. The van der Waals surface area contributed by atoms with Crippen molar-refractivity contribution in [3.05, 3.63) is 29.8 Å². The zero-order valence-corrected chi connectivity index (χ0v) is 19.5. The van der Waals surface area contributed by atoms with E-state index in [2.05, 4.69) is 31.0 Å². The van der Waals surface area contributed by atoms with Crippen molar-refractivity contribution in [3.8, 4) is 0 Å². The first kappa shape index (κ1) is 28.2. The Morgan fingerprint density at radius 3 is 2.00 bits per heavy atom. The van der Waals surface area contributed by atoms with Crippen LogP contribution >= 0.6 is 12.4 Å². The first-order valence-electron chi connectivity index (χ1n) is 11.0. The van der Waals surface area contributed by atoms with Gasteiger partial charge >= 0.3 is 12.1 Å². The molecule has 0 bridgehead atoms. The molecule has 1 unspecified atom stereocenters. The Kier molecular flexibility index (Phi) is 15.9. The molecular formula is C23H39ClN2O4. The number of unbranched alkanes of at least 4 members (excludes halogenated alkanes) is 3. The van der Waals surface area contributed by atoms with E-state index in [9.17, 15) is 9.59 Å². The second-order valence-corrected chi connectivity index (χ2v) is 7.51. The smallest absolute Gasteiger partial charge is 0.411 e. The molecule has 0 fully saturated rings. The monoisotopic (exact) mass is 442 g/mol. The van der Waals surface area contributed by atoms with Crippen molar-refractivity contribution < 1.29 is 19.4 Å². The van der Waals surface area contributed by atoms with Crippen molar-refractivity contribution in [2.75, 3.05) is 25.0 Å². The highest BCUT2D eigenvalue weighted by Gasteiger charge is 2.16. The Morgan fingerprint density at radius 2 is 1.50 bits per heavy atom. The van der Waals surface area contributed by atoms with Gasteiger partial charge in [0.25, 0.3) is 0 Å². The van der Waals surface area contributed by atoms with Gasteiger partial charge in [0.05, 0.1) is 5.56 Å². The average molecular weight is 443 g/mol. The maximum Gasteiger partial charge on any atom is 0.411 e. The van der Waals surface area contributed by atoms with Crippen molar-refractivity contribution in [2.45, 2.75) is 78.2 Å². The van der Waals surface area contributed by atoms with Gasteiger partial charge < -0.3 is 14.7 Å². The summed E-state index contributed by atoms with van der Waals surface area (Å²) in [6, 6.07) is 6.07. The summed E-state index contributed by atoms with van der Waals surface area (Å²) >= 11 is 0. The van der Waals surface area contributed by atoms with E-state index >= 15 is 0 Å². The van der Waals surface area contributed by atoms with E-state index in [4.69, 9.17) is 9.84 Å². The van der Waals surface area contributed by atoms with Crippen LogP contribution in [-0.4, -0.2) is 47.8 Å². The minimum atomic E-state index is -0.991. The fraction of sp³-hybridized carbons (Fsp3) is 0.652. The predicted molar refractivity (Wildman–Crippen MR) is 125 cm³/mol. The SMILES string of the molecule is CCCCC(CCN(CCCC)CCCC)OC(=O)Nc1ccc(C(=O)O)cc1.Cl. The Hall–Kier alpha value is -1.79. The summed E-state index contributed by atoms with van der Waals surface area (Å²) in [7, 11) is 0. The third kappa shape index (κ3) is 12.0. The molecule has 7 heteroatoms. The van der Waals surface area contributed by atoms with Crippen LogP contribution in [0.3, 0.4) is 0 Å². The lowest BCUT2D eigenvalue weighted by Crippen LogP contribution is -2.31. The number of amides is 1. The average Bonchev–Trinajstić information content (AvgIpc) is 2.71. The Labute approximate surface area is 187 Å². The van der Waals surface area contributed by atoms with Gasteiger partial charge in [0.2, 0.25) is 0 Å². The number of aromatic carboxylic acids is 1. The van der Waals surface area contributed by atoms with Crippen molar-refractivity contribution in [3.63, 3.8) is 0 Å². The van der Waals surface area contributed by atoms with Crippen molar-refractivity contribution in [1.29, 1.82) is 0 Å². The van der Waals surface area contributed by atoms with Gasteiger partial charge in [-0.2, -0.15) is 0 Å². The number of hydrogen-bond donors (Lipinski definition) is 2. The Bertz CT molecular complexity index is 587. The number of carbonyl (C=O) groups excluding carboxylic acids is 1. The maximum atomic E-state index is 12.3. The highest BCUT2D eigenvalue weighted by Crippen LogP contribution is 2.14. The topological polar surface area (TPSA) is 78.9 Å². The van der Waals surface area contributed by atoms with Crippen molar-refractivity contribution >= 4 is 30.2 Å². The van der Waals surface area contributed by atoms with E-state index in [0.29, 0.717) is 5.69 Å². The largest absolute Gasteiger partial charge is 0.478 e. The van der Waals surface area contributed by atoms with Crippen LogP contribution in [0.5, 0.6) is 0 Å². The molecule has 0 aromatic heterocycles. The van der Waals surface area contributed by atoms with E-state index < -0.39 is 12.1 Å². The van der Waals surface area contributed by atoms with Gasteiger partial charge in [-0.3, -0.25) is 5.32 Å². The van der Waals surface area contributed by atoms with Crippen LogP contribution in [0.25, 0.3) is 0 Å². The molecule has 172 valence electrons. The van der Waals surface area contributed by atoms with E-state index in [0.717, 1.165) is 45.3 Å². The molecule has 1 amide bonds. The lowest BCUT2D eigenvalue weighted by Gasteiger charge is -2.25. The lowest BCUT2D eigenvalue weighted by molar-refractivity contribution is 0.0696. The van der Waals surface area contributed by atoms with Gasteiger partial charge in [-0.25, -0.2) is 9.59 Å². The fourth-order valence-corrected chi connectivity index (χ4v) is 3.11. The summed E-state index contributed by atoms with van der Waals surface area (Å²) < 4.78 is 5.70. The molecular weight excluding hydrogens is 404 g/mol. The van der Waals surface area contributed by atoms with Crippen LogP contribution in [0.15, 0.2) is 24.3 Å².